The van der Waals surface area contributed by atoms with E-state index in [1.165, 1.54) is 11.1 Å². The Balaban J connectivity index is 2.72. The highest BCUT2D eigenvalue weighted by molar-refractivity contribution is 6.18. The Labute approximate surface area is 105 Å². The molecule has 0 aromatic heterocycles. The molecule has 0 saturated carbocycles. The topological polar surface area (TPSA) is 0 Å². The van der Waals surface area contributed by atoms with Gasteiger partial charge in [-0.15, -0.1) is 11.6 Å². The van der Waals surface area contributed by atoms with E-state index in [-0.39, 0.29) is 5.41 Å². The molecule has 0 heterocycles. The van der Waals surface area contributed by atoms with Gasteiger partial charge in [0.2, 0.25) is 0 Å². The van der Waals surface area contributed by atoms with Gasteiger partial charge in [-0.2, -0.15) is 0 Å². The van der Waals surface area contributed by atoms with Gasteiger partial charge in [0, 0.05) is 5.88 Å². The number of alkyl halides is 1. The number of benzene rings is 1. The van der Waals surface area contributed by atoms with Crippen molar-refractivity contribution < 1.29 is 0 Å². The minimum atomic E-state index is 0.245. The summed E-state index contributed by atoms with van der Waals surface area (Å²) in [5.74, 6) is 1.37. The number of halogens is 1. The van der Waals surface area contributed by atoms with Crippen molar-refractivity contribution in [3.05, 3.63) is 35.4 Å². The van der Waals surface area contributed by atoms with Crippen LogP contribution in [0, 0.1) is 5.92 Å². The van der Waals surface area contributed by atoms with E-state index in [9.17, 15) is 0 Å². The van der Waals surface area contributed by atoms with Gasteiger partial charge >= 0.3 is 0 Å². The summed E-state index contributed by atoms with van der Waals surface area (Å²) in [5.41, 5.74) is 3.05. The first-order valence-corrected chi connectivity index (χ1v) is 6.66. The Hall–Kier alpha value is -0.490. The summed E-state index contributed by atoms with van der Waals surface area (Å²) in [7, 11) is 0. The van der Waals surface area contributed by atoms with E-state index in [2.05, 4.69) is 52.0 Å². The molecule has 16 heavy (non-hydrogen) atoms. The second-order valence-corrected chi connectivity index (χ2v) is 5.89. The standard InChI is InChI=1S/C15H23Cl/c1-5-12(11-16)10-13-6-8-14(9-7-13)15(2,3)4/h6-9,12H,5,10-11H2,1-4H3. The van der Waals surface area contributed by atoms with Gasteiger partial charge in [0.15, 0.2) is 0 Å². The fourth-order valence-corrected chi connectivity index (χ4v) is 2.11. The van der Waals surface area contributed by atoms with Crippen molar-refractivity contribution >= 4 is 11.6 Å². The molecular formula is C15H23Cl. The van der Waals surface area contributed by atoms with Crippen LogP contribution in [-0.2, 0) is 11.8 Å². The van der Waals surface area contributed by atoms with Gasteiger partial charge in [-0.25, -0.2) is 0 Å². The van der Waals surface area contributed by atoms with Crippen molar-refractivity contribution in [2.45, 2.75) is 46.0 Å². The van der Waals surface area contributed by atoms with E-state index in [1.54, 1.807) is 0 Å². The maximum atomic E-state index is 5.92. The molecule has 0 aliphatic heterocycles. The first-order chi connectivity index (χ1) is 7.47. The minimum Gasteiger partial charge on any atom is -0.126 e. The van der Waals surface area contributed by atoms with Crippen LogP contribution >= 0.6 is 11.6 Å². The van der Waals surface area contributed by atoms with Crippen LogP contribution in [-0.4, -0.2) is 5.88 Å². The first-order valence-electron chi connectivity index (χ1n) is 6.12. The van der Waals surface area contributed by atoms with Crippen LogP contribution < -0.4 is 0 Å². The average Bonchev–Trinajstić information content (AvgIpc) is 2.25. The van der Waals surface area contributed by atoms with E-state index >= 15 is 0 Å². The summed E-state index contributed by atoms with van der Waals surface area (Å²) in [5, 5.41) is 0. The molecule has 0 fully saturated rings. The lowest BCUT2D eigenvalue weighted by Gasteiger charge is -2.19. The van der Waals surface area contributed by atoms with Gasteiger partial charge in [-0.1, -0.05) is 58.4 Å². The number of rotatable bonds is 4. The molecule has 1 aromatic carbocycles. The predicted molar refractivity (Wildman–Crippen MR) is 73.3 cm³/mol. The molecule has 0 amide bonds. The summed E-state index contributed by atoms with van der Waals surface area (Å²) in [4.78, 5) is 0. The van der Waals surface area contributed by atoms with E-state index in [0.717, 1.165) is 18.7 Å². The Morgan fingerprint density at radius 3 is 2.06 bits per heavy atom. The van der Waals surface area contributed by atoms with Crippen molar-refractivity contribution in [1.29, 1.82) is 0 Å². The minimum absolute atomic E-state index is 0.245. The van der Waals surface area contributed by atoms with Gasteiger partial charge in [-0.3, -0.25) is 0 Å². The lowest BCUT2D eigenvalue weighted by Crippen LogP contribution is -2.11. The fraction of sp³-hybridized carbons (Fsp3) is 0.600. The molecule has 90 valence electrons. The zero-order valence-corrected chi connectivity index (χ0v) is 11.6. The summed E-state index contributed by atoms with van der Waals surface area (Å²) >= 11 is 5.92. The molecule has 1 heteroatoms. The van der Waals surface area contributed by atoms with Gasteiger partial charge < -0.3 is 0 Å². The van der Waals surface area contributed by atoms with Crippen molar-refractivity contribution in [2.75, 3.05) is 5.88 Å². The molecule has 1 aromatic rings. The third kappa shape index (κ3) is 3.83. The molecule has 1 unspecified atom stereocenters. The highest BCUT2D eigenvalue weighted by Crippen LogP contribution is 2.23. The van der Waals surface area contributed by atoms with E-state index in [1.807, 2.05) is 0 Å². The van der Waals surface area contributed by atoms with Crippen LogP contribution in [0.3, 0.4) is 0 Å². The summed E-state index contributed by atoms with van der Waals surface area (Å²) < 4.78 is 0. The Morgan fingerprint density at radius 2 is 1.69 bits per heavy atom. The van der Waals surface area contributed by atoms with E-state index in [4.69, 9.17) is 11.6 Å². The van der Waals surface area contributed by atoms with Crippen LogP contribution in [0.1, 0.15) is 45.2 Å². The largest absolute Gasteiger partial charge is 0.126 e. The molecule has 0 aliphatic rings. The number of hydrogen-bond donors (Lipinski definition) is 0. The zero-order valence-electron chi connectivity index (χ0n) is 10.9. The molecule has 0 N–H and O–H groups in total. The highest BCUT2D eigenvalue weighted by atomic mass is 35.5. The Morgan fingerprint density at radius 1 is 1.12 bits per heavy atom. The summed E-state index contributed by atoms with van der Waals surface area (Å²) in [6.45, 7) is 8.94. The summed E-state index contributed by atoms with van der Waals surface area (Å²) in [6, 6.07) is 8.98. The molecule has 1 rings (SSSR count). The maximum absolute atomic E-state index is 5.92. The third-order valence-electron chi connectivity index (χ3n) is 3.14. The molecular weight excluding hydrogens is 216 g/mol. The molecule has 0 saturated heterocycles. The molecule has 0 radical (unpaired) electrons. The smallest absolute Gasteiger partial charge is 0.0254 e. The fourth-order valence-electron chi connectivity index (χ4n) is 1.78. The van der Waals surface area contributed by atoms with Crippen molar-refractivity contribution in [1.82, 2.24) is 0 Å². The summed E-state index contributed by atoms with van der Waals surface area (Å²) in [6.07, 6.45) is 2.26. The highest BCUT2D eigenvalue weighted by Gasteiger charge is 2.13. The van der Waals surface area contributed by atoms with E-state index < -0.39 is 0 Å². The Bertz CT molecular complexity index is 301. The molecule has 0 aliphatic carbocycles. The van der Waals surface area contributed by atoms with Crippen LogP contribution in [0.2, 0.25) is 0 Å². The normalized spacial score (nSPS) is 13.8. The van der Waals surface area contributed by atoms with Crippen LogP contribution in [0.5, 0.6) is 0 Å². The van der Waals surface area contributed by atoms with Gasteiger partial charge in [0.05, 0.1) is 0 Å². The molecule has 1 atom stereocenters. The third-order valence-corrected chi connectivity index (χ3v) is 3.58. The van der Waals surface area contributed by atoms with Gasteiger partial charge in [-0.05, 0) is 28.9 Å². The Kier molecular flexibility index (Phi) is 4.86. The average molecular weight is 239 g/mol. The molecule has 0 spiro atoms. The van der Waals surface area contributed by atoms with Crippen molar-refractivity contribution in [2.24, 2.45) is 5.92 Å². The van der Waals surface area contributed by atoms with Crippen LogP contribution in [0.4, 0.5) is 0 Å². The molecule has 0 bridgehead atoms. The second kappa shape index (κ2) is 5.72. The SMILES string of the molecule is CCC(CCl)Cc1ccc(C(C)(C)C)cc1. The molecule has 0 nitrogen and oxygen atoms in total. The van der Waals surface area contributed by atoms with Gasteiger partial charge in [0.1, 0.15) is 0 Å². The number of hydrogen-bond acceptors (Lipinski definition) is 0. The maximum Gasteiger partial charge on any atom is 0.0254 e. The van der Waals surface area contributed by atoms with Crippen LogP contribution in [0.25, 0.3) is 0 Å². The van der Waals surface area contributed by atoms with Crippen LogP contribution in [0.15, 0.2) is 24.3 Å². The first kappa shape index (κ1) is 13.6. The van der Waals surface area contributed by atoms with Gasteiger partial charge in [0.25, 0.3) is 0 Å². The quantitative estimate of drug-likeness (QED) is 0.662. The monoisotopic (exact) mass is 238 g/mol. The predicted octanol–water partition coefficient (Wildman–Crippen LogP) is 4.79. The van der Waals surface area contributed by atoms with Crippen molar-refractivity contribution in [3.8, 4) is 0 Å². The lowest BCUT2D eigenvalue weighted by atomic mass is 9.86. The van der Waals surface area contributed by atoms with E-state index in [0.29, 0.717) is 5.92 Å². The van der Waals surface area contributed by atoms with Crippen molar-refractivity contribution in [3.63, 3.8) is 0 Å². The zero-order chi connectivity index (χ0) is 12.2. The second-order valence-electron chi connectivity index (χ2n) is 5.58. The lowest BCUT2D eigenvalue weighted by molar-refractivity contribution is 0.564.